The van der Waals surface area contributed by atoms with E-state index in [4.69, 9.17) is 26.1 Å². The lowest BCUT2D eigenvalue weighted by atomic mass is 10.1. The van der Waals surface area contributed by atoms with Crippen molar-refractivity contribution in [1.29, 1.82) is 0 Å². The van der Waals surface area contributed by atoms with Gasteiger partial charge in [0, 0.05) is 31.7 Å². The van der Waals surface area contributed by atoms with Crippen molar-refractivity contribution in [3.05, 3.63) is 77.6 Å². The van der Waals surface area contributed by atoms with Crippen LogP contribution in [0.5, 0.6) is 11.5 Å². The molecule has 4 rings (SSSR count). The molecular weight excluding hydrogens is 422 g/mol. The standard InChI is InChI=1S/C26H30ClN3O2/c1-3-5-14-30-22(25(27)28-26(30)21-9-7-6-8-10-21)19-29(13-4-2)18-20-11-12-23-24(17-20)32-16-15-31-23/h4,6-12,17H,2-3,5,13-16,18-19H2,1H3. The quantitative estimate of drug-likeness (QED) is 0.356. The number of hydrogen-bond donors (Lipinski definition) is 0. The van der Waals surface area contributed by atoms with Crippen LogP contribution in [0.1, 0.15) is 31.0 Å². The van der Waals surface area contributed by atoms with Crippen LogP contribution < -0.4 is 9.47 Å². The van der Waals surface area contributed by atoms with Crippen molar-refractivity contribution in [3.8, 4) is 22.9 Å². The van der Waals surface area contributed by atoms with Crippen molar-refractivity contribution < 1.29 is 9.47 Å². The number of fused-ring (bicyclic) bond motifs is 1. The van der Waals surface area contributed by atoms with Crippen LogP contribution in [0.2, 0.25) is 5.15 Å². The molecule has 0 spiro atoms. The van der Waals surface area contributed by atoms with E-state index in [0.29, 0.717) is 24.9 Å². The van der Waals surface area contributed by atoms with Crippen LogP contribution in [0, 0.1) is 0 Å². The van der Waals surface area contributed by atoms with Gasteiger partial charge < -0.3 is 14.0 Å². The number of unbranched alkanes of at least 4 members (excludes halogenated alkanes) is 1. The Morgan fingerprint density at radius 1 is 1.09 bits per heavy atom. The van der Waals surface area contributed by atoms with Gasteiger partial charge >= 0.3 is 0 Å². The van der Waals surface area contributed by atoms with Crippen LogP contribution in [0.15, 0.2) is 61.2 Å². The molecule has 0 bridgehead atoms. The van der Waals surface area contributed by atoms with Gasteiger partial charge in [0.25, 0.3) is 0 Å². The highest BCUT2D eigenvalue weighted by Gasteiger charge is 2.20. The van der Waals surface area contributed by atoms with Crippen molar-refractivity contribution in [2.75, 3.05) is 19.8 Å². The molecule has 0 unspecified atom stereocenters. The molecule has 0 atom stereocenters. The molecule has 0 amide bonds. The molecule has 0 fully saturated rings. The normalized spacial score (nSPS) is 12.8. The van der Waals surface area contributed by atoms with Gasteiger partial charge in [-0.15, -0.1) is 6.58 Å². The monoisotopic (exact) mass is 451 g/mol. The zero-order valence-corrected chi connectivity index (χ0v) is 19.4. The summed E-state index contributed by atoms with van der Waals surface area (Å²) in [7, 11) is 0. The Labute approximate surface area is 195 Å². The van der Waals surface area contributed by atoms with Crippen molar-refractivity contribution in [1.82, 2.24) is 14.5 Å². The number of nitrogens with zero attached hydrogens (tertiary/aromatic N) is 3. The summed E-state index contributed by atoms with van der Waals surface area (Å²) < 4.78 is 13.7. The second-order valence-electron chi connectivity index (χ2n) is 7.98. The Kier molecular flexibility index (Phi) is 7.51. The first kappa shape index (κ1) is 22.4. The number of hydrogen-bond acceptors (Lipinski definition) is 4. The second kappa shape index (κ2) is 10.7. The summed E-state index contributed by atoms with van der Waals surface area (Å²) in [6, 6.07) is 16.4. The predicted molar refractivity (Wildman–Crippen MR) is 129 cm³/mol. The molecule has 0 N–H and O–H groups in total. The topological polar surface area (TPSA) is 39.5 Å². The minimum atomic E-state index is 0.566. The third kappa shape index (κ3) is 5.17. The van der Waals surface area contributed by atoms with E-state index in [1.165, 1.54) is 0 Å². The SMILES string of the molecule is C=CCN(Cc1ccc2c(c1)OCCO2)Cc1c(Cl)nc(-c2ccccc2)n1CCCC. The molecule has 0 radical (unpaired) electrons. The molecule has 2 heterocycles. The van der Waals surface area contributed by atoms with Crippen LogP contribution in [0.25, 0.3) is 11.4 Å². The Hall–Kier alpha value is -2.76. The van der Waals surface area contributed by atoms with E-state index < -0.39 is 0 Å². The number of aromatic nitrogens is 2. The smallest absolute Gasteiger partial charge is 0.161 e. The number of rotatable bonds is 10. The van der Waals surface area contributed by atoms with E-state index in [1.54, 1.807) is 0 Å². The first-order valence-electron chi connectivity index (χ1n) is 11.2. The first-order chi connectivity index (χ1) is 15.7. The third-order valence-corrected chi connectivity index (χ3v) is 5.87. The average Bonchev–Trinajstić information content (AvgIpc) is 3.13. The highest BCUT2D eigenvalue weighted by Crippen LogP contribution is 2.32. The van der Waals surface area contributed by atoms with Crippen molar-refractivity contribution in [2.24, 2.45) is 0 Å². The highest BCUT2D eigenvalue weighted by atomic mass is 35.5. The number of benzene rings is 2. The van der Waals surface area contributed by atoms with Gasteiger partial charge in [0.05, 0.1) is 5.69 Å². The summed E-state index contributed by atoms with van der Waals surface area (Å²) in [6.45, 7) is 10.4. The maximum atomic E-state index is 6.70. The minimum Gasteiger partial charge on any atom is -0.486 e. The average molecular weight is 452 g/mol. The van der Waals surface area contributed by atoms with Crippen LogP contribution in [-0.2, 0) is 19.6 Å². The van der Waals surface area contributed by atoms with Gasteiger partial charge in [0.1, 0.15) is 19.0 Å². The minimum absolute atomic E-state index is 0.566. The fourth-order valence-corrected chi connectivity index (χ4v) is 4.24. The summed E-state index contributed by atoms with van der Waals surface area (Å²) in [5.74, 6) is 2.55. The maximum Gasteiger partial charge on any atom is 0.161 e. The summed E-state index contributed by atoms with van der Waals surface area (Å²) in [5, 5.41) is 0.566. The summed E-state index contributed by atoms with van der Waals surface area (Å²) in [4.78, 5) is 7.07. The molecule has 1 aliphatic rings. The molecular formula is C26H30ClN3O2. The molecule has 1 aliphatic heterocycles. The van der Waals surface area contributed by atoms with E-state index >= 15 is 0 Å². The van der Waals surface area contributed by atoms with Crippen LogP contribution in [0.4, 0.5) is 0 Å². The molecule has 0 aliphatic carbocycles. The fourth-order valence-electron chi connectivity index (χ4n) is 4.00. The van der Waals surface area contributed by atoms with Gasteiger partial charge in [-0.1, -0.05) is 67.4 Å². The largest absolute Gasteiger partial charge is 0.486 e. The lowest BCUT2D eigenvalue weighted by Gasteiger charge is -2.24. The molecule has 32 heavy (non-hydrogen) atoms. The molecule has 168 valence electrons. The van der Waals surface area contributed by atoms with Gasteiger partial charge in [0.15, 0.2) is 16.7 Å². The molecule has 2 aromatic carbocycles. The van der Waals surface area contributed by atoms with Crippen molar-refractivity contribution in [2.45, 2.75) is 39.4 Å². The molecule has 1 aromatic heterocycles. The number of ether oxygens (including phenoxy) is 2. The van der Waals surface area contributed by atoms with Crippen LogP contribution in [0.3, 0.4) is 0 Å². The van der Waals surface area contributed by atoms with E-state index in [9.17, 15) is 0 Å². The third-order valence-electron chi connectivity index (χ3n) is 5.56. The van der Waals surface area contributed by atoms with E-state index in [2.05, 4.69) is 47.2 Å². The Bertz CT molecular complexity index is 1050. The Balaban J connectivity index is 1.61. The molecule has 6 heteroatoms. The van der Waals surface area contributed by atoms with Gasteiger partial charge in [-0.05, 0) is 24.1 Å². The zero-order valence-electron chi connectivity index (χ0n) is 18.6. The van der Waals surface area contributed by atoms with Crippen LogP contribution in [-0.4, -0.2) is 34.2 Å². The lowest BCUT2D eigenvalue weighted by molar-refractivity contribution is 0.171. The molecule has 5 nitrogen and oxygen atoms in total. The molecule has 0 saturated heterocycles. The van der Waals surface area contributed by atoms with E-state index in [1.807, 2.05) is 30.3 Å². The lowest BCUT2D eigenvalue weighted by Crippen LogP contribution is -2.25. The second-order valence-corrected chi connectivity index (χ2v) is 8.34. The van der Waals surface area contributed by atoms with Gasteiger partial charge in [-0.3, -0.25) is 4.90 Å². The fraction of sp³-hybridized carbons (Fsp3) is 0.346. The summed E-state index contributed by atoms with van der Waals surface area (Å²) >= 11 is 6.70. The van der Waals surface area contributed by atoms with Crippen molar-refractivity contribution >= 4 is 11.6 Å². The van der Waals surface area contributed by atoms with Crippen molar-refractivity contribution in [3.63, 3.8) is 0 Å². The van der Waals surface area contributed by atoms with Gasteiger partial charge in [0.2, 0.25) is 0 Å². The Morgan fingerprint density at radius 3 is 2.62 bits per heavy atom. The predicted octanol–water partition coefficient (Wildman–Crippen LogP) is 5.96. The summed E-state index contributed by atoms with van der Waals surface area (Å²) in [6.07, 6.45) is 4.11. The van der Waals surface area contributed by atoms with E-state index in [-0.39, 0.29) is 0 Å². The van der Waals surface area contributed by atoms with Crippen LogP contribution >= 0.6 is 11.6 Å². The van der Waals surface area contributed by atoms with Gasteiger partial charge in [-0.2, -0.15) is 0 Å². The van der Waals surface area contributed by atoms with E-state index in [0.717, 1.165) is 66.6 Å². The Morgan fingerprint density at radius 2 is 1.88 bits per heavy atom. The summed E-state index contributed by atoms with van der Waals surface area (Å²) in [5.41, 5.74) is 3.28. The molecule has 3 aromatic rings. The zero-order chi connectivity index (χ0) is 22.3. The maximum absolute atomic E-state index is 6.70. The number of halogens is 1. The number of imidazole rings is 1. The highest BCUT2D eigenvalue weighted by molar-refractivity contribution is 6.30. The molecule has 0 saturated carbocycles. The van der Waals surface area contributed by atoms with Gasteiger partial charge in [-0.25, -0.2) is 4.98 Å². The first-order valence-corrected chi connectivity index (χ1v) is 11.6.